The molecule has 0 radical (unpaired) electrons. The second kappa shape index (κ2) is 6.95. The van der Waals surface area contributed by atoms with E-state index in [0.29, 0.717) is 18.3 Å². The van der Waals surface area contributed by atoms with Crippen LogP contribution >= 0.6 is 0 Å². The molecule has 5 nitrogen and oxygen atoms in total. The molecule has 0 aliphatic carbocycles. The number of carboxylic acids is 1. The van der Waals surface area contributed by atoms with Crippen LogP contribution in [0.15, 0.2) is 24.5 Å². The summed E-state index contributed by atoms with van der Waals surface area (Å²) in [6.45, 7) is 0. The Bertz CT molecular complexity index is 716. The molecule has 0 atom stereocenters. The number of pyridine rings is 2. The molecule has 0 spiro atoms. The van der Waals surface area contributed by atoms with Gasteiger partial charge in [0, 0.05) is 12.1 Å². The van der Waals surface area contributed by atoms with Gasteiger partial charge < -0.3 is 5.11 Å². The van der Waals surface area contributed by atoms with E-state index in [1.54, 1.807) is 0 Å². The molecule has 0 saturated carbocycles. The van der Waals surface area contributed by atoms with Gasteiger partial charge in [0.05, 0.1) is 12.4 Å². The molecule has 0 aromatic carbocycles. The Balaban J connectivity index is 0.000000211. The van der Waals surface area contributed by atoms with Crippen LogP contribution in [0.25, 0.3) is 0 Å². The number of carboxylic acid groups (broad SMARTS) is 1. The highest BCUT2D eigenvalue weighted by molar-refractivity contribution is 5.85. The van der Waals surface area contributed by atoms with Crippen LogP contribution in [0.4, 0.5) is 17.6 Å². The van der Waals surface area contributed by atoms with Crippen LogP contribution in [-0.2, 0) is 0 Å². The van der Waals surface area contributed by atoms with Crippen molar-refractivity contribution in [2.75, 3.05) is 0 Å². The lowest BCUT2D eigenvalue weighted by atomic mass is 10.3. The van der Waals surface area contributed by atoms with Crippen molar-refractivity contribution >= 4 is 5.97 Å². The summed E-state index contributed by atoms with van der Waals surface area (Å²) >= 11 is 0. The number of aromatic nitrogens is 2. The summed E-state index contributed by atoms with van der Waals surface area (Å²) in [6, 6.07) is 2.56. The van der Waals surface area contributed by atoms with Crippen molar-refractivity contribution in [3.05, 3.63) is 59.2 Å². The number of hydrogen-bond donors (Lipinski definition) is 1. The first kappa shape index (κ1) is 16.0. The highest BCUT2D eigenvalue weighted by Crippen LogP contribution is 2.05. The Hall–Kier alpha value is -3.02. The molecule has 2 heterocycles. The van der Waals surface area contributed by atoms with Crippen LogP contribution in [0, 0.1) is 34.6 Å². The lowest BCUT2D eigenvalue weighted by Gasteiger charge is -1.93. The van der Waals surface area contributed by atoms with Crippen molar-refractivity contribution in [1.82, 2.24) is 9.97 Å². The average molecular weight is 299 g/mol. The fourth-order valence-electron chi connectivity index (χ4n) is 1.07. The van der Waals surface area contributed by atoms with Crippen molar-refractivity contribution in [1.29, 1.82) is 5.26 Å². The highest BCUT2D eigenvalue weighted by atomic mass is 19.1. The summed E-state index contributed by atoms with van der Waals surface area (Å²) in [6.07, 6.45) is 1.44. The molecule has 0 fully saturated rings. The van der Waals surface area contributed by atoms with Gasteiger partial charge in [-0.25, -0.2) is 32.3 Å². The van der Waals surface area contributed by atoms with Crippen molar-refractivity contribution in [2.24, 2.45) is 0 Å². The summed E-state index contributed by atoms with van der Waals surface area (Å²) in [4.78, 5) is 16.3. The number of nitrogens with zero attached hydrogens (tertiary/aromatic N) is 3. The minimum Gasteiger partial charge on any atom is -0.476 e. The van der Waals surface area contributed by atoms with Gasteiger partial charge in [-0.15, -0.1) is 0 Å². The van der Waals surface area contributed by atoms with E-state index in [0.717, 1.165) is 6.20 Å². The van der Waals surface area contributed by atoms with Gasteiger partial charge in [0.15, 0.2) is 23.0 Å². The van der Waals surface area contributed by atoms with Crippen LogP contribution in [0.5, 0.6) is 0 Å². The summed E-state index contributed by atoms with van der Waals surface area (Å²) in [5.74, 6) is -5.29. The third-order valence-corrected chi connectivity index (χ3v) is 1.92. The number of halogens is 4. The number of rotatable bonds is 1. The minimum absolute atomic E-state index is 0.388. The van der Waals surface area contributed by atoms with Crippen LogP contribution in [-0.4, -0.2) is 21.0 Å². The monoisotopic (exact) mass is 299 g/mol. The van der Waals surface area contributed by atoms with Crippen molar-refractivity contribution < 1.29 is 27.5 Å². The van der Waals surface area contributed by atoms with Crippen molar-refractivity contribution in [3.8, 4) is 6.07 Å². The quantitative estimate of drug-likeness (QED) is 0.816. The average Bonchev–Trinajstić information content (AvgIpc) is 2.39. The molecule has 0 bridgehead atoms. The second-order valence-corrected chi connectivity index (χ2v) is 3.38. The third kappa shape index (κ3) is 4.54. The number of aromatic carboxylic acids is 1. The number of nitriles is 1. The molecule has 2 rings (SSSR count). The van der Waals surface area contributed by atoms with E-state index in [9.17, 15) is 22.4 Å². The maximum absolute atomic E-state index is 12.4. The van der Waals surface area contributed by atoms with Crippen LogP contribution in [0.2, 0.25) is 0 Å². The van der Waals surface area contributed by atoms with Gasteiger partial charge in [0.2, 0.25) is 0 Å². The Morgan fingerprint density at radius 2 is 1.57 bits per heavy atom. The van der Waals surface area contributed by atoms with Crippen LogP contribution in [0.1, 0.15) is 16.2 Å². The van der Waals surface area contributed by atoms with Crippen LogP contribution in [0.3, 0.4) is 0 Å². The molecular formula is C12H5F4N3O2. The van der Waals surface area contributed by atoms with E-state index in [4.69, 9.17) is 10.4 Å². The highest BCUT2D eigenvalue weighted by Gasteiger charge is 2.11. The molecule has 0 unspecified atom stereocenters. The zero-order chi connectivity index (χ0) is 16.0. The Labute approximate surface area is 115 Å². The molecule has 0 aliphatic rings. The molecule has 9 heteroatoms. The fraction of sp³-hybridized carbons (Fsp3) is 0. The molecule has 108 valence electrons. The fourth-order valence-corrected chi connectivity index (χ4v) is 1.07. The van der Waals surface area contributed by atoms with E-state index in [1.165, 1.54) is 6.07 Å². The lowest BCUT2D eigenvalue weighted by molar-refractivity contribution is 0.0684. The summed E-state index contributed by atoms with van der Waals surface area (Å²) in [5, 5.41) is 16.4. The standard InChI is InChI=1S/C6H2F2N2.C6H3F2NO2/c7-4-1-5(8)6(2-9)10-3-4;7-3-1-4(8)5(6(10)11)9-2-3/h1,3H;1-2H,(H,10,11). The Morgan fingerprint density at radius 3 is 2.00 bits per heavy atom. The van der Waals surface area contributed by atoms with Gasteiger partial charge in [-0.3, -0.25) is 0 Å². The number of carbonyl (C=O) groups is 1. The molecule has 2 aromatic rings. The van der Waals surface area contributed by atoms with Gasteiger partial charge in [-0.05, 0) is 0 Å². The second-order valence-electron chi connectivity index (χ2n) is 3.38. The molecule has 0 saturated heterocycles. The first-order valence-corrected chi connectivity index (χ1v) is 5.10. The topological polar surface area (TPSA) is 86.9 Å². The zero-order valence-electron chi connectivity index (χ0n) is 10.0. The zero-order valence-corrected chi connectivity index (χ0v) is 10.0. The lowest BCUT2D eigenvalue weighted by Crippen LogP contribution is -2.04. The largest absolute Gasteiger partial charge is 0.476 e. The molecular weight excluding hydrogens is 294 g/mol. The number of hydrogen-bond acceptors (Lipinski definition) is 4. The van der Waals surface area contributed by atoms with Gasteiger partial charge in [-0.1, -0.05) is 0 Å². The molecule has 21 heavy (non-hydrogen) atoms. The molecule has 2 aromatic heterocycles. The third-order valence-electron chi connectivity index (χ3n) is 1.92. The Morgan fingerprint density at radius 1 is 1.05 bits per heavy atom. The van der Waals surface area contributed by atoms with Crippen molar-refractivity contribution in [3.63, 3.8) is 0 Å². The Kier molecular flexibility index (Phi) is 5.31. The summed E-state index contributed by atoms with van der Waals surface area (Å²) < 4.78 is 48.9. The normalized spacial score (nSPS) is 9.29. The minimum atomic E-state index is -1.51. The van der Waals surface area contributed by atoms with E-state index in [2.05, 4.69) is 9.97 Å². The van der Waals surface area contributed by atoms with Gasteiger partial charge in [0.25, 0.3) is 0 Å². The van der Waals surface area contributed by atoms with E-state index in [-0.39, 0.29) is 5.69 Å². The molecule has 1 N–H and O–H groups in total. The van der Waals surface area contributed by atoms with Crippen molar-refractivity contribution in [2.45, 2.75) is 0 Å². The first-order chi connectivity index (χ1) is 9.85. The predicted molar refractivity (Wildman–Crippen MR) is 60.0 cm³/mol. The maximum Gasteiger partial charge on any atom is 0.357 e. The van der Waals surface area contributed by atoms with E-state index >= 15 is 0 Å². The van der Waals surface area contributed by atoms with Gasteiger partial charge in [0.1, 0.15) is 17.7 Å². The smallest absolute Gasteiger partial charge is 0.357 e. The SMILES string of the molecule is N#Cc1ncc(F)cc1F.O=C(O)c1ncc(F)cc1F. The molecule has 0 amide bonds. The van der Waals surface area contributed by atoms with E-state index in [1.807, 2.05) is 0 Å². The maximum atomic E-state index is 12.4. The predicted octanol–water partition coefficient (Wildman–Crippen LogP) is 2.29. The van der Waals surface area contributed by atoms with Gasteiger partial charge in [-0.2, -0.15) is 5.26 Å². The summed E-state index contributed by atoms with van der Waals surface area (Å²) in [5.41, 5.74) is -1.16. The summed E-state index contributed by atoms with van der Waals surface area (Å²) in [7, 11) is 0. The molecule has 0 aliphatic heterocycles. The van der Waals surface area contributed by atoms with E-state index < -0.39 is 34.9 Å². The van der Waals surface area contributed by atoms with Crippen LogP contribution < -0.4 is 0 Å². The first-order valence-electron chi connectivity index (χ1n) is 5.10. The van der Waals surface area contributed by atoms with Gasteiger partial charge >= 0.3 is 5.97 Å².